The van der Waals surface area contributed by atoms with Crippen LogP contribution in [0.15, 0.2) is 66.7 Å². The number of aromatic nitrogens is 2. The van der Waals surface area contributed by atoms with E-state index in [2.05, 4.69) is 59.2 Å². The summed E-state index contributed by atoms with van der Waals surface area (Å²) in [5, 5.41) is 9.90. The Labute approximate surface area is 319 Å². The Morgan fingerprint density at radius 3 is 2.35 bits per heavy atom. The van der Waals surface area contributed by atoms with Gasteiger partial charge in [-0.2, -0.15) is 0 Å². The Morgan fingerprint density at radius 1 is 0.745 bits per heavy atom. The van der Waals surface area contributed by atoms with E-state index in [1.807, 2.05) is 18.2 Å². The molecule has 0 saturated carbocycles. The number of carbonyl (C=O) groups is 1. The number of amides is 1. The second-order valence-corrected chi connectivity index (χ2v) is 14.1. The quantitative estimate of drug-likeness (QED) is 0.111. The number of hydrogen-bond donors (Lipinski definition) is 2. The first-order chi connectivity index (χ1) is 24.1. The highest BCUT2D eigenvalue weighted by Gasteiger charge is 2.21. The summed E-state index contributed by atoms with van der Waals surface area (Å²) in [6.07, 6.45) is 14.7. The van der Waals surface area contributed by atoms with E-state index in [1.54, 1.807) is 0 Å². The van der Waals surface area contributed by atoms with Crippen LogP contribution in [0.3, 0.4) is 0 Å². The maximum Gasteiger partial charge on any atom is 0.220 e. The Bertz CT molecular complexity index is 1940. The van der Waals surface area contributed by atoms with Gasteiger partial charge in [-0.25, -0.2) is 4.98 Å². The fourth-order valence-electron chi connectivity index (χ4n) is 7.48. The number of nitrogens with zero attached hydrogens (tertiary/aromatic N) is 2. The average Bonchev–Trinajstić information content (AvgIpc) is 3.14. The average molecular weight is 748 g/mol. The monoisotopic (exact) mass is 746 g/mol. The molecule has 0 saturated heterocycles. The molecular weight excluding hydrogens is 699 g/mol. The van der Waals surface area contributed by atoms with Gasteiger partial charge < -0.3 is 15.4 Å². The highest BCUT2D eigenvalue weighted by molar-refractivity contribution is 6.31. The first-order valence-corrected chi connectivity index (χ1v) is 18.8. The Morgan fingerprint density at radius 2 is 1.51 bits per heavy atom. The maximum absolute atomic E-state index is 12.7. The lowest BCUT2D eigenvalue weighted by molar-refractivity contribution is -0.121. The third-order valence-electron chi connectivity index (χ3n) is 10.1. The van der Waals surface area contributed by atoms with Gasteiger partial charge in [-0.1, -0.05) is 73.7 Å². The molecule has 1 aliphatic heterocycles. The number of rotatable bonds is 14. The summed E-state index contributed by atoms with van der Waals surface area (Å²) >= 11 is 6.28. The van der Waals surface area contributed by atoms with Gasteiger partial charge in [0.2, 0.25) is 5.91 Å². The molecule has 3 heterocycles. The SMILES string of the molecule is Cl.Cl.O=C(CCc1ccc2nc(-c3ccccc3)c3c(c2c1)OCCC3)NCCCCCCCCNc1c2c(nc3cc(Cl)ccc13)CCCC2. The first kappa shape index (κ1) is 38.6. The number of anilines is 1. The van der Waals surface area contributed by atoms with Gasteiger partial charge in [0.1, 0.15) is 5.75 Å². The van der Waals surface area contributed by atoms with Crippen LogP contribution in [0.25, 0.3) is 33.1 Å². The zero-order valence-corrected chi connectivity index (χ0v) is 31.7. The number of halogens is 3. The highest BCUT2D eigenvalue weighted by atomic mass is 35.5. The van der Waals surface area contributed by atoms with Crippen LogP contribution in [0.2, 0.25) is 5.02 Å². The Kier molecular flexibility index (Phi) is 14.2. The van der Waals surface area contributed by atoms with Crippen LogP contribution in [0.1, 0.15) is 86.6 Å². The maximum atomic E-state index is 12.7. The number of aryl methyl sites for hydroxylation is 2. The van der Waals surface area contributed by atoms with Crippen molar-refractivity contribution in [2.45, 2.75) is 89.9 Å². The summed E-state index contributed by atoms with van der Waals surface area (Å²) in [4.78, 5) is 22.7. The van der Waals surface area contributed by atoms with E-state index in [4.69, 9.17) is 26.3 Å². The molecule has 0 radical (unpaired) electrons. The van der Waals surface area contributed by atoms with E-state index in [1.165, 1.54) is 60.0 Å². The zero-order chi connectivity index (χ0) is 33.4. The molecule has 2 aliphatic rings. The number of ether oxygens (including phenoxy) is 1. The summed E-state index contributed by atoms with van der Waals surface area (Å²) in [7, 11) is 0. The molecule has 3 aromatic carbocycles. The lowest BCUT2D eigenvalue weighted by Crippen LogP contribution is -2.24. The fraction of sp³-hybridized carbons (Fsp3) is 0.405. The molecule has 2 aromatic heterocycles. The van der Waals surface area contributed by atoms with E-state index >= 15 is 0 Å². The van der Waals surface area contributed by atoms with Crippen molar-refractivity contribution >= 4 is 69.8 Å². The molecule has 270 valence electrons. The van der Waals surface area contributed by atoms with Gasteiger partial charge in [0.25, 0.3) is 0 Å². The third kappa shape index (κ3) is 9.46. The van der Waals surface area contributed by atoms with E-state index < -0.39 is 0 Å². The van der Waals surface area contributed by atoms with Crippen LogP contribution in [-0.2, 0) is 30.5 Å². The van der Waals surface area contributed by atoms with Gasteiger partial charge in [0.05, 0.1) is 23.3 Å². The molecule has 7 rings (SSSR count). The lowest BCUT2D eigenvalue weighted by atomic mass is 9.92. The summed E-state index contributed by atoms with van der Waals surface area (Å²) in [5.41, 5.74) is 10.3. The minimum absolute atomic E-state index is 0. The molecule has 5 aromatic rings. The minimum Gasteiger partial charge on any atom is -0.493 e. The molecule has 1 aliphatic carbocycles. The summed E-state index contributed by atoms with van der Waals surface area (Å²) in [6.45, 7) is 2.45. The minimum atomic E-state index is 0. The van der Waals surface area contributed by atoms with E-state index in [-0.39, 0.29) is 30.7 Å². The second kappa shape index (κ2) is 18.8. The Hall–Kier alpha value is -3.58. The number of carbonyl (C=O) groups excluding carboxylic acids is 1. The van der Waals surface area contributed by atoms with Crippen LogP contribution >= 0.6 is 36.4 Å². The van der Waals surface area contributed by atoms with E-state index in [0.717, 1.165) is 109 Å². The van der Waals surface area contributed by atoms with Gasteiger partial charge in [0.15, 0.2) is 0 Å². The third-order valence-corrected chi connectivity index (χ3v) is 10.3. The van der Waals surface area contributed by atoms with Crippen molar-refractivity contribution in [1.29, 1.82) is 0 Å². The number of hydrogen-bond acceptors (Lipinski definition) is 5. The van der Waals surface area contributed by atoms with E-state index in [0.29, 0.717) is 12.8 Å². The molecule has 2 N–H and O–H groups in total. The fourth-order valence-corrected chi connectivity index (χ4v) is 7.64. The van der Waals surface area contributed by atoms with Crippen LogP contribution < -0.4 is 15.4 Å². The molecule has 9 heteroatoms. The van der Waals surface area contributed by atoms with E-state index in [9.17, 15) is 4.79 Å². The Balaban J connectivity index is 0.00000252. The van der Waals surface area contributed by atoms with Crippen molar-refractivity contribution in [3.63, 3.8) is 0 Å². The predicted octanol–water partition coefficient (Wildman–Crippen LogP) is 10.7. The molecule has 0 unspecified atom stereocenters. The van der Waals surface area contributed by atoms with Gasteiger partial charge in [-0.3, -0.25) is 9.78 Å². The predicted molar refractivity (Wildman–Crippen MR) is 216 cm³/mol. The van der Waals surface area contributed by atoms with Crippen molar-refractivity contribution < 1.29 is 9.53 Å². The van der Waals surface area contributed by atoms with Crippen LogP contribution in [0, 0.1) is 0 Å². The second-order valence-electron chi connectivity index (χ2n) is 13.6. The molecule has 51 heavy (non-hydrogen) atoms. The smallest absolute Gasteiger partial charge is 0.220 e. The van der Waals surface area contributed by atoms with Crippen molar-refractivity contribution in [3.05, 3.63) is 94.1 Å². The molecule has 1 amide bonds. The molecule has 0 atom stereocenters. The topological polar surface area (TPSA) is 76.1 Å². The lowest BCUT2D eigenvalue weighted by Gasteiger charge is -2.22. The molecular formula is C42H49Cl3N4O2. The van der Waals surface area contributed by atoms with Crippen LogP contribution in [-0.4, -0.2) is 35.6 Å². The van der Waals surface area contributed by atoms with Gasteiger partial charge in [0, 0.05) is 57.8 Å². The van der Waals surface area contributed by atoms with Gasteiger partial charge >= 0.3 is 0 Å². The first-order valence-electron chi connectivity index (χ1n) is 18.4. The number of pyridine rings is 2. The molecule has 0 spiro atoms. The molecule has 0 bridgehead atoms. The summed E-state index contributed by atoms with van der Waals surface area (Å²) in [5.74, 6) is 1.08. The number of fused-ring (bicyclic) bond motifs is 5. The van der Waals surface area contributed by atoms with Crippen molar-refractivity contribution in [2.75, 3.05) is 25.0 Å². The zero-order valence-electron chi connectivity index (χ0n) is 29.3. The number of unbranched alkanes of at least 4 members (excludes halogenated alkanes) is 5. The van der Waals surface area contributed by atoms with Gasteiger partial charge in [-0.15, -0.1) is 24.8 Å². The van der Waals surface area contributed by atoms with Crippen molar-refractivity contribution in [1.82, 2.24) is 15.3 Å². The largest absolute Gasteiger partial charge is 0.493 e. The summed E-state index contributed by atoms with van der Waals surface area (Å²) in [6, 6.07) is 22.8. The highest BCUT2D eigenvalue weighted by Crippen LogP contribution is 2.39. The number of benzene rings is 3. The molecule has 0 fully saturated rings. The standard InChI is InChI=1S/C42H47ClN4O2.2ClH/c43-31-20-21-33-38(28-31)46-36-17-9-8-15-32(36)41(33)45-25-11-4-2-1-3-10-24-44-39(48)23-19-29-18-22-37-35(27-29)42-34(16-12-26-49-42)40(47-37)30-13-6-5-7-14-30;;/h5-7,13-14,18,20-22,27-28H,1-4,8-12,15-17,19,23-26H2,(H,44,48)(H,45,46);2*1H. The van der Waals surface area contributed by atoms with Gasteiger partial charge in [-0.05, 0) is 99.2 Å². The van der Waals surface area contributed by atoms with Crippen molar-refractivity contribution in [2.24, 2.45) is 0 Å². The van der Waals surface area contributed by atoms with Crippen LogP contribution in [0.5, 0.6) is 5.75 Å². The molecule has 6 nitrogen and oxygen atoms in total. The van der Waals surface area contributed by atoms with Crippen LogP contribution in [0.4, 0.5) is 5.69 Å². The normalized spacial score (nSPS) is 13.4. The van der Waals surface area contributed by atoms with Crippen molar-refractivity contribution in [3.8, 4) is 17.0 Å². The summed E-state index contributed by atoms with van der Waals surface area (Å²) < 4.78 is 6.22. The number of nitrogens with one attached hydrogen (secondary N) is 2.